The van der Waals surface area contributed by atoms with Crippen LogP contribution in [0.3, 0.4) is 0 Å². The maximum Gasteiger partial charge on any atom is 0.320 e. The van der Waals surface area contributed by atoms with Gasteiger partial charge in [0, 0.05) is 31.1 Å². The number of piperidine rings is 1. The van der Waals surface area contributed by atoms with Crippen LogP contribution in [0.5, 0.6) is 11.5 Å². The number of methoxy groups -OCH3 is 3. The highest BCUT2D eigenvalue weighted by Gasteiger charge is 2.60. The van der Waals surface area contributed by atoms with Crippen molar-refractivity contribution in [3.05, 3.63) is 35.5 Å². The number of nitrogens with one attached hydrogen (secondary N) is 1. The molecule has 0 spiro atoms. The molecule has 2 amide bonds. The standard InChI is InChI=1S/C33H48N2O7/c1-21(2)13-15-34-30(36)18-25-20-33(32(38)41-6)22(3)42-27(24-9-7-8-10-24)19-29(33)35(31(25)37)16-14-23-11-12-26(39-4)28(17-23)40-5/h11-12,17,19,21-22,24-25,27H,7-10,13-16,18,20H2,1-6H3,(H,34,36)/t22-,25+,27-,33+/m1/s1. The van der Waals surface area contributed by atoms with Gasteiger partial charge in [-0.1, -0.05) is 32.8 Å². The molecule has 1 aromatic rings. The first kappa shape index (κ1) is 31.9. The van der Waals surface area contributed by atoms with E-state index in [4.69, 9.17) is 18.9 Å². The summed E-state index contributed by atoms with van der Waals surface area (Å²) in [5, 5.41) is 2.96. The fourth-order valence-corrected chi connectivity index (χ4v) is 6.85. The van der Waals surface area contributed by atoms with Gasteiger partial charge in [-0.2, -0.15) is 0 Å². The van der Waals surface area contributed by atoms with Crippen LogP contribution in [0.2, 0.25) is 0 Å². The number of amides is 2. The number of nitrogens with zero attached hydrogens (tertiary/aromatic N) is 1. The average molecular weight is 585 g/mol. The normalized spacial score (nSPS) is 26.1. The van der Waals surface area contributed by atoms with E-state index in [1.165, 1.54) is 7.11 Å². The second-order valence-electron chi connectivity index (χ2n) is 12.4. The molecule has 4 atom stereocenters. The third-order valence-corrected chi connectivity index (χ3v) is 9.27. The number of rotatable bonds is 12. The van der Waals surface area contributed by atoms with Crippen LogP contribution < -0.4 is 14.8 Å². The van der Waals surface area contributed by atoms with Gasteiger partial charge in [-0.25, -0.2) is 0 Å². The molecule has 1 aromatic carbocycles. The van der Waals surface area contributed by atoms with Crippen molar-refractivity contribution in [2.24, 2.45) is 23.2 Å². The van der Waals surface area contributed by atoms with E-state index in [0.29, 0.717) is 48.5 Å². The molecular weight excluding hydrogens is 536 g/mol. The Morgan fingerprint density at radius 3 is 2.48 bits per heavy atom. The average Bonchev–Trinajstić information content (AvgIpc) is 3.52. The predicted molar refractivity (Wildman–Crippen MR) is 159 cm³/mol. The Morgan fingerprint density at radius 1 is 1.12 bits per heavy atom. The van der Waals surface area contributed by atoms with Gasteiger partial charge in [-0.3, -0.25) is 14.4 Å². The Kier molecular flexibility index (Phi) is 10.6. The highest BCUT2D eigenvalue weighted by molar-refractivity contribution is 5.92. The van der Waals surface area contributed by atoms with Gasteiger partial charge in [0.1, 0.15) is 5.41 Å². The summed E-state index contributed by atoms with van der Waals surface area (Å²) >= 11 is 0. The lowest BCUT2D eigenvalue weighted by Gasteiger charge is -2.52. The first-order valence-electron chi connectivity index (χ1n) is 15.4. The van der Waals surface area contributed by atoms with Crippen LogP contribution in [0.15, 0.2) is 30.0 Å². The fraction of sp³-hybridized carbons (Fsp3) is 0.667. The van der Waals surface area contributed by atoms with Crippen molar-refractivity contribution in [2.45, 2.75) is 84.3 Å². The van der Waals surface area contributed by atoms with E-state index in [0.717, 1.165) is 37.7 Å². The topological polar surface area (TPSA) is 103 Å². The molecule has 9 heteroatoms. The number of carbonyl (C=O) groups is 3. The number of hydrogen-bond acceptors (Lipinski definition) is 7. The molecule has 1 saturated heterocycles. The zero-order chi connectivity index (χ0) is 30.4. The monoisotopic (exact) mass is 584 g/mol. The van der Waals surface area contributed by atoms with Crippen molar-refractivity contribution in [1.82, 2.24) is 10.2 Å². The molecule has 232 valence electrons. The molecule has 3 aliphatic rings. The molecule has 1 N–H and O–H groups in total. The molecule has 2 fully saturated rings. The van der Waals surface area contributed by atoms with Gasteiger partial charge in [0.25, 0.3) is 0 Å². The van der Waals surface area contributed by atoms with Crippen LogP contribution >= 0.6 is 0 Å². The molecule has 2 aliphatic heterocycles. The molecule has 4 rings (SSSR count). The van der Waals surface area contributed by atoms with E-state index in [2.05, 4.69) is 19.2 Å². The molecule has 42 heavy (non-hydrogen) atoms. The summed E-state index contributed by atoms with van der Waals surface area (Å²) in [7, 11) is 4.56. The lowest BCUT2D eigenvalue weighted by molar-refractivity contribution is -0.177. The number of esters is 1. The van der Waals surface area contributed by atoms with Crippen molar-refractivity contribution < 1.29 is 33.3 Å². The smallest absolute Gasteiger partial charge is 0.320 e. The molecule has 0 unspecified atom stereocenters. The zero-order valence-corrected chi connectivity index (χ0v) is 26.1. The first-order valence-corrected chi connectivity index (χ1v) is 15.4. The summed E-state index contributed by atoms with van der Waals surface area (Å²) in [5.74, 6) is 0.609. The van der Waals surface area contributed by atoms with E-state index in [-0.39, 0.29) is 30.8 Å². The Bertz CT molecular complexity index is 1160. The van der Waals surface area contributed by atoms with Crippen molar-refractivity contribution in [1.29, 1.82) is 0 Å². The summed E-state index contributed by atoms with van der Waals surface area (Å²) in [6.07, 6.45) is 7.31. The van der Waals surface area contributed by atoms with E-state index in [1.54, 1.807) is 19.1 Å². The molecule has 0 aromatic heterocycles. The lowest BCUT2D eigenvalue weighted by Crippen LogP contribution is -2.61. The van der Waals surface area contributed by atoms with E-state index in [9.17, 15) is 14.4 Å². The minimum absolute atomic E-state index is 0.00852. The largest absolute Gasteiger partial charge is 0.493 e. The van der Waals surface area contributed by atoms with Gasteiger partial charge in [0.2, 0.25) is 11.8 Å². The van der Waals surface area contributed by atoms with Crippen LogP contribution in [-0.4, -0.2) is 69.3 Å². The third kappa shape index (κ3) is 6.61. The minimum atomic E-state index is -1.18. The second-order valence-corrected chi connectivity index (χ2v) is 12.4. The number of fused-ring (bicyclic) bond motifs is 1. The maximum atomic E-state index is 14.2. The number of likely N-dealkylation sites (tertiary alicyclic amines) is 1. The van der Waals surface area contributed by atoms with Crippen molar-refractivity contribution in [3.8, 4) is 11.5 Å². The number of benzene rings is 1. The van der Waals surface area contributed by atoms with Gasteiger partial charge in [-0.15, -0.1) is 0 Å². The minimum Gasteiger partial charge on any atom is -0.493 e. The van der Waals surface area contributed by atoms with Gasteiger partial charge in [0.15, 0.2) is 11.5 Å². The predicted octanol–water partition coefficient (Wildman–Crippen LogP) is 4.67. The van der Waals surface area contributed by atoms with Crippen LogP contribution in [0.25, 0.3) is 0 Å². The van der Waals surface area contributed by atoms with Crippen LogP contribution in [0.4, 0.5) is 0 Å². The Hall–Kier alpha value is -3.07. The summed E-state index contributed by atoms with van der Waals surface area (Å²) in [4.78, 5) is 42.6. The first-order chi connectivity index (χ1) is 20.1. The van der Waals surface area contributed by atoms with Crippen molar-refractivity contribution >= 4 is 17.8 Å². The number of carbonyl (C=O) groups excluding carboxylic acids is 3. The summed E-state index contributed by atoms with van der Waals surface area (Å²) in [6, 6.07) is 5.70. The van der Waals surface area contributed by atoms with Crippen LogP contribution in [0, 0.1) is 23.2 Å². The lowest BCUT2D eigenvalue weighted by atomic mass is 9.66. The SMILES string of the molecule is COC(=O)[C@]12C[C@H](CC(=O)NCCC(C)C)C(=O)N(CCc3ccc(OC)c(OC)c3)C1=C[C@H](C1CCCC1)O[C@@H]2C. The number of hydrogen-bond donors (Lipinski definition) is 1. The van der Waals surface area contributed by atoms with Crippen LogP contribution in [0.1, 0.15) is 71.3 Å². The highest BCUT2D eigenvalue weighted by atomic mass is 16.5. The summed E-state index contributed by atoms with van der Waals surface area (Å²) < 4.78 is 22.8. The third-order valence-electron chi connectivity index (χ3n) is 9.27. The molecule has 2 heterocycles. The molecule has 0 radical (unpaired) electrons. The van der Waals surface area contributed by atoms with Crippen LogP contribution in [-0.2, 0) is 30.3 Å². The summed E-state index contributed by atoms with van der Waals surface area (Å²) in [6.45, 7) is 7.01. The molecule has 9 nitrogen and oxygen atoms in total. The highest BCUT2D eigenvalue weighted by Crippen LogP contribution is 2.51. The molecule has 1 aliphatic carbocycles. The zero-order valence-electron chi connectivity index (χ0n) is 26.1. The van der Waals surface area contributed by atoms with Gasteiger partial charge < -0.3 is 29.2 Å². The maximum absolute atomic E-state index is 14.2. The van der Waals surface area contributed by atoms with E-state index in [1.807, 2.05) is 31.2 Å². The number of ether oxygens (including phenoxy) is 4. The molecule has 0 bridgehead atoms. The van der Waals surface area contributed by atoms with Crippen molar-refractivity contribution in [2.75, 3.05) is 34.4 Å². The van der Waals surface area contributed by atoms with E-state index >= 15 is 0 Å². The van der Waals surface area contributed by atoms with Gasteiger partial charge in [-0.05, 0) is 74.6 Å². The van der Waals surface area contributed by atoms with E-state index < -0.39 is 23.4 Å². The Morgan fingerprint density at radius 2 is 1.83 bits per heavy atom. The molecular formula is C33H48N2O7. The van der Waals surface area contributed by atoms with Crippen molar-refractivity contribution in [3.63, 3.8) is 0 Å². The summed E-state index contributed by atoms with van der Waals surface area (Å²) in [5.41, 5.74) is 0.441. The second kappa shape index (κ2) is 13.9. The quantitative estimate of drug-likeness (QED) is 0.356. The van der Waals surface area contributed by atoms with Gasteiger partial charge >= 0.3 is 5.97 Å². The van der Waals surface area contributed by atoms with Gasteiger partial charge in [0.05, 0.1) is 33.5 Å². The Labute approximate surface area is 250 Å². The Balaban J connectivity index is 1.69. The molecule has 1 saturated carbocycles. The fourth-order valence-electron chi connectivity index (χ4n) is 6.85.